The number of piperidine rings is 1. The number of esters is 1. The molecule has 1 aromatic heterocycles. The van der Waals surface area contributed by atoms with E-state index in [-0.39, 0.29) is 17.7 Å². The number of methoxy groups -OCH3 is 1. The molecule has 2 aromatic rings. The number of nitrogens with zero attached hydrogens (tertiary/aromatic N) is 1. The fourth-order valence-corrected chi connectivity index (χ4v) is 4.37. The molecule has 2 heterocycles. The SMILES string of the molecule is COC(=O)c1c(C)[nH]c(C(=O)N2CCC(CC(=O)NCCCc3ccccc3)CC2)c1C. The Bertz CT molecular complexity index is 944. The first-order valence-corrected chi connectivity index (χ1v) is 11.3. The van der Waals surface area contributed by atoms with E-state index < -0.39 is 5.97 Å². The molecule has 2 amide bonds. The minimum Gasteiger partial charge on any atom is -0.465 e. The summed E-state index contributed by atoms with van der Waals surface area (Å²) in [6.07, 6.45) is 3.97. The van der Waals surface area contributed by atoms with Crippen molar-refractivity contribution in [1.29, 1.82) is 0 Å². The fraction of sp³-hybridized carbons (Fsp3) is 0.480. The lowest BCUT2D eigenvalue weighted by molar-refractivity contribution is -0.122. The van der Waals surface area contributed by atoms with Crippen LogP contribution in [0.1, 0.15) is 63.4 Å². The number of benzene rings is 1. The lowest BCUT2D eigenvalue weighted by atomic mass is 9.93. The van der Waals surface area contributed by atoms with Crippen LogP contribution in [0.3, 0.4) is 0 Å². The highest BCUT2D eigenvalue weighted by Gasteiger charge is 2.29. The topological polar surface area (TPSA) is 91.5 Å². The highest BCUT2D eigenvalue weighted by Crippen LogP contribution is 2.25. The van der Waals surface area contributed by atoms with Crippen molar-refractivity contribution in [1.82, 2.24) is 15.2 Å². The van der Waals surface area contributed by atoms with Crippen molar-refractivity contribution in [2.75, 3.05) is 26.7 Å². The van der Waals surface area contributed by atoms with Crippen LogP contribution in [0.25, 0.3) is 0 Å². The van der Waals surface area contributed by atoms with E-state index in [2.05, 4.69) is 22.4 Å². The third-order valence-electron chi connectivity index (χ3n) is 6.22. The van der Waals surface area contributed by atoms with E-state index >= 15 is 0 Å². The van der Waals surface area contributed by atoms with E-state index in [0.717, 1.165) is 25.7 Å². The van der Waals surface area contributed by atoms with Crippen LogP contribution in [0.15, 0.2) is 30.3 Å². The zero-order valence-electron chi connectivity index (χ0n) is 19.2. The molecule has 0 atom stereocenters. The van der Waals surface area contributed by atoms with Crippen molar-refractivity contribution in [2.45, 2.75) is 46.0 Å². The molecule has 0 unspecified atom stereocenters. The Labute approximate surface area is 189 Å². The van der Waals surface area contributed by atoms with Gasteiger partial charge in [-0.15, -0.1) is 0 Å². The van der Waals surface area contributed by atoms with E-state index in [9.17, 15) is 14.4 Å². The third kappa shape index (κ3) is 5.78. The molecule has 172 valence electrons. The number of aryl methyl sites for hydroxylation is 2. The second-order valence-electron chi connectivity index (χ2n) is 8.50. The summed E-state index contributed by atoms with van der Waals surface area (Å²) in [4.78, 5) is 42.1. The van der Waals surface area contributed by atoms with Crippen molar-refractivity contribution >= 4 is 17.8 Å². The van der Waals surface area contributed by atoms with Gasteiger partial charge in [-0.1, -0.05) is 30.3 Å². The van der Waals surface area contributed by atoms with Gasteiger partial charge in [-0.25, -0.2) is 4.79 Å². The van der Waals surface area contributed by atoms with Gasteiger partial charge in [-0.05, 0) is 56.6 Å². The smallest absolute Gasteiger partial charge is 0.339 e. The lowest BCUT2D eigenvalue weighted by Crippen LogP contribution is -2.40. The number of nitrogens with one attached hydrogen (secondary N) is 2. The van der Waals surface area contributed by atoms with Crippen molar-refractivity contribution in [3.8, 4) is 0 Å². The van der Waals surface area contributed by atoms with E-state index in [1.807, 2.05) is 18.2 Å². The van der Waals surface area contributed by atoms with Crippen LogP contribution in [0.2, 0.25) is 0 Å². The molecule has 0 saturated carbocycles. The van der Waals surface area contributed by atoms with Crippen LogP contribution in [0.4, 0.5) is 0 Å². The van der Waals surface area contributed by atoms with Gasteiger partial charge >= 0.3 is 5.97 Å². The van der Waals surface area contributed by atoms with Gasteiger partial charge in [-0.2, -0.15) is 0 Å². The van der Waals surface area contributed by atoms with Gasteiger partial charge in [0.2, 0.25) is 5.91 Å². The summed E-state index contributed by atoms with van der Waals surface area (Å²) >= 11 is 0. The summed E-state index contributed by atoms with van der Waals surface area (Å²) in [6, 6.07) is 10.3. The molecule has 3 rings (SSSR count). The number of carbonyl (C=O) groups is 3. The van der Waals surface area contributed by atoms with Gasteiger partial charge < -0.3 is 19.9 Å². The normalized spacial score (nSPS) is 14.3. The zero-order valence-corrected chi connectivity index (χ0v) is 19.2. The van der Waals surface area contributed by atoms with E-state index in [4.69, 9.17) is 4.74 Å². The fourth-order valence-electron chi connectivity index (χ4n) is 4.37. The van der Waals surface area contributed by atoms with E-state index in [1.165, 1.54) is 12.7 Å². The molecule has 0 bridgehead atoms. The maximum atomic E-state index is 13.0. The first-order chi connectivity index (χ1) is 15.4. The minimum atomic E-state index is -0.441. The molecule has 7 heteroatoms. The molecule has 0 radical (unpaired) electrons. The van der Waals surface area contributed by atoms with Crippen molar-refractivity contribution in [3.05, 3.63) is 58.4 Å². The van der Waals surface area contributed by atoms with Crippen molar-refractivity contribution < 1.29 is 19.1 Å². The summed E-state index contributed by atoms with van der Waals surface area (Å²) in [6.45, 7) is 5.42. The van der Waals surface area contributed by atoms with Crippen LogP contribution < -0.4 is 5.32 Å². The summed E-state index contributed by atoms with van der Waals surface area (Å²) in [5.41, 5.74) is 3.41. The van der Waals surface area contributed by atoms with E-state index in [1.54, 1.807) is 18.7 Å². The van der Waals surface area contributed by atoms with Crippen LogP contribution in [0.5, 0.6) is 0 Å². The Kier molecular flexibility index (Phi) is 8.09. The molecule has 7 nitrogen and oxygen atoms in total. The summed E-state index contributed by atoms with van der Waals surface area (Å²) < 4.78 is 4.82. The Hall–Kier alpha value is -3.09. The number of hydrogen-bond donors (Lipinski definition) is 2. The molecule has 0 spiro atoms. The number of aromatic nitrogens is 1. The molecule has 1 fully saturated rings. The molecule has 2 N–H and O–H groups in total. The predicted octanol–water partition coefficient (Wildman–Crippen LogP) is 3.41. The van der Waals surface area contributed by atoms with Gasteiger partial charge in [0.1, 0.15) is 5.69 Å². The second-order valence-corrected chi connectivity index (χ2v) is 8.50. The number of hydrogen-bond acceptors (Lipinski definition) is 4. The highest BCUT2D eigenvalue weighted by molar-refractivity contribution is 6.00. The summed E-state index contributed by atoms with van der Waals surface area (Å²) in [7, 11) is 1.33. The van der Waals surface area contributed by atoms with Gasteiger partial charge in [0.25, 0.3) is 5.91 Å². The summed E-state index contributed by atoms with van der Waals surface area (Å²) in [5, 5.41) is 3.02. The zero-order chi connectivity index (χ0) is 23.1. The van der Waals surface area contributed by atoms with Crippen LogP contribution in [0, 0.1) is 19.8 Å². The Balaban J connectivity index is 1.42. The number of H-pyrrole nitrogens is 1. The number of rotatable bonds is 8. The van der Waals surface area contributed by atoms with Crippen LogP contribution >= 0.6 is 0 Å². The lowest BCUT2D eigenvalue weighted by Gasteiger charge is -2.31. The van der Waals surface area contributed by atoms with Gasteiger partial charge in [0.05, 0.1) is 12.7 Å². The maximum absolute atomic E-state index is 13.0. The molecular formula is C25H33N3O4. The molecule has 1 aliphatic heterocycles. The molecule has 0 aliphatic carbocycles. The van der Waals surface area contributed by atoms with Crippen molar-refractivity contribution in [2.24, 2.45) is 5.92 Å². The first kappa shape index (κ1) is 23.6. The predicted molar refractivity (Wildman–Crippen MR) is 123 cm³/mol. The largest absolute Gasteiger partial charge is 0.465 e. The quantitative estimate of drug-likeness (QED) is 0.487. The summed E-state index contributed by atoms with van der Waals surface area (Å²) in [5.74, 6) is -0.181. The number of carbonyl (C=O) groups excluding carboxylic acids is 3. The molecule has 1 aliphatic rings. The number of amides is 2. The van der Waals surface area contributed by atoms with Gasteiger partial charge in [0.15, 0.2) is 0 Å². The monoisotopic (exact) mass is 439 g/mol. The number of likely N-dealkylation sites (tertiary alicyclic amines) is 1. The maximum Gasteiger partial charge on any atom is 0.339 e. The number of ether oxygens (including phenoxy) is 1. The van der Waals surface area contributed by atoms with E-state index in [0.29, 0.717) is 48.6 Å². The molecular weight excluding hydrogens is 406 g/mol. The average Bonchev–Trinajstić information content (AvgIpc) is 3.10. The molecule has 1 aromatic carbocycles. The van der Waals surface area contributed by atoms with Crippen molar-refractivity contribution in [3.63, 3.8) is 0 Å². The Morgan fingerprint density at radius 1 is 1.12 bits per heavy atom. The van der Waals surface area contributed by atoms with Crippen LogP contribution in [-0.4, -0.2) is 54.4 Å². The second kappa shape index (κ2) is 11.0. The standard InChI is InChI=1S/C25H33N3O4/c1-17-22(25(31)32-3)18(2)27-23(17)24(30)28-14-11-20(12-15-28)16-21(29)26-13-7-10-19-8-5-4-6-9-19/h4-6,8-9,20,27H,7,10-16H2,1-3H3,(H,26,29). The number of aromatic amines is 1. The molecule has 1 saturated heterocycles. The third-order valence-corrected chi connectivity index (χ3v) is 6.22. The molecule has 32 heavy (non-hydrogen) atoms. The first-order valence-electron chi connectivity index (χ1n) is 11.3. The van der Waals surface area contributed by atoms with Crippen LogP contribution in [-0.2, 0) is 16.0 Å². The Morgan fingerprint density at radius 2 is 1.81 bits per heavy atom. The minimum absolute atomic E-state index is 0.0846. The van der Waals surface area contributed by atoms with Gasteiger partial charge in [-0.3, -0.25) is 9.59 Å². The Morgan fingerprint density at radius 3 is 2.47 bits per heavy atom. The average molecular weight is 440 g/mol. The highest BCUT2D eigenvalue weighted by atomic mass is 16.5. The van der Waals surface area contributed by atoms with Gasteiger partial charge in [0, 0.05) is 31.7 Å².